The molecule has 2 rings (SSSR count). The van der Waals surface area contributed by atoms with E-state index in [0.717, 1.165) is 0 Å². The van der Waals surface area contributed by atoms with Crippen LogP contribution in [0.2, 0.25) is 18.8 Å². The van der Waals surface area contributed by atoms with Gasteiger partial charge in [0.2, 0.25) is 0 Å². The quantitative estimate of drug-likeness (QED) is 0.632. The number of fused-ring (bicyclic) bond motifs is 2. The molecule has 0 radical (unpaired) electrons. The van der Waals surface area contributed by atoms with E-state index in [1.807, 2.05) is 0 Å². The maximum absolute atomic E-state index is 2.63. The Morgan fingerprint density at radius 1 is 0.818 bits per heavy atom. The first-order valence-electron chi connectivity index (χ1n) is 5.09. The van der Waals surface area contributed by atoms with Crippen molar-refractivity contribution < 1.29 is 0 Å². The predicted octanol–water partition coefficient (Wildman–Crippen LogP) is 3.51. The van der Waals surface area contributed by atoms with Crippen LogP contribution in [0.15, 0.2) is 0 Å². The first-order chi connectivity index (χ1) is 5.09. The zero-order valence-electron chi connectivity index (χ0n) is 8.06. The Kier molecular flexibility index (Phi) is 2.02. The van der Waals surface area contributed by atoms with E-state index in [9.17, 15) is 0 Å². The summed E-state index contributed by atoms with van der Waals surface area (Å²) in [5, 5.41) is 0. The summed E-state index contributed by atoms with van der Waals surface area (Å²) in [7, 11) is 0. The Hall–Kier alpha value is 0.799. The van der Waals surface area contributed by atoms with Crippen molar-refractivity contribution in [3.05, 3.63) is 0 Å². The second-order valence-corrected chi connectivity index (χ2v) is 21.0. The fraction of sp³-hybridized carbons (Fsp3) is 1.00. The molecule has 0 aliphatic heterocycles. The molecule has 2 aliphatic carbocycles. The van der Waals surface area contributed by atoms with Gasteiger partial charge in [0.05, 0.1) is 0 Å². The van der Waals surface area contributed by atoms with Crippen LogP contribution in [0.25, 0.3) is 0 Å². The summed E-state index contributed by atoms with van der Waals surface area (Å²) in [6.45, 7) is 0. The Balaban J connectivity index is 2.16. The molecule has 11 heavy (non-hydrogen) atoms. The predicted molar refractivity (Wildman–Crippen MR) is 52.5 cm³/mol. The van der Waals surface area contributed by atoms with Crippen molar-refractivity contribution in [3.63, 3.8) is 0 Å². The topological polar surface area (TPSA) is 0 Å². The molecule has 0 amide bonds. The molecular formula is C10H20Sn. The second-order valence-electron chi connectivity index (χ2n) is 5.57. The molecule has 1 heteroatoms. The Labute approximate surface area is 74.6 Å². The summed E-state index contributed by atoms with van der Waals surface area (Å²) >= 11 is -1.49. The molecule has 0 aromatic heterocycles. The van der Waals surface area contributed by atoms with Crippen LogP contribution < -0.4 is 0 Å². The van der Waals surface area contributed by atoms with Crippen molar-refractivity contribution in [2.75, 3.05) is 0 Å². The molecule has 2 bridgehead atoms. The van der Waals surface area contributed by atoms with Crippen molar-refractivity contribution in [1.82, 2.24) is 0 Å². The van der Waals surface area contributed by atoms with E-state index in [1.54, 1.807) is 25.7 Å². The number of hydrogen-bond acceptors (Lipinski definition) is 0. The third kappa shape index (κ3) is 1.36. The average Bonchev–Trinajstić information content (AvgIpc) is 2.40. The Morgan fingerprint density at radius 2 is 1.18 bits per heavy atom. The van der Waals surface area contributed by atoms with Crippen molar-refractivity contribution in [3.8, 4) is 0 Å². The molecule has 0 N–H and O–H groups in total. The van der Waals surface area contributed by atoms with Crippen LogP contribution in [-0.4, -0.2) is 18.4 Å². The van der Waals surface area contributed by atoms with Crippen LogP contribution in [-0.2, 0) is 0 Å². The minimum atomic E-state index is -1.49. The molecule has 0 spiro atoms. The number of rotatable bonds is 1. The summed E-state index contributed by atoms with van der Waals surface area (Å²) in [6, 6.07) is 0. The van der Waals surface area contributed by atoms with Crippen molar-refractivity contribution in [2.45, 2.75) is 44.4 Å². The third-order valence-corrected chi connectivity index (χ3v) is 12.2. The first-order valence-corrected chi connectivity index (χ1v) is 15.3. The van der Waals surface area contributed by atoms with Gasteiger partial charge >= 0.3 is 74.6 Å². The van der Waals surface area contributed by atoms with Gasteiger partial charge in [0.15, 0.2) is 0 Å². The molecule has 2 aliphatic rings. The van der Waals surface area contributed by atoms with E-state index in [1.165, 1.54) is 15.8 Å². The van der Waals surface area contributed by atoms with Gasteiger partial charge in [-0.3, -0.25) is 0 Å². The Morgan fingerprint density at radius 3 is 1.36 bits per heavy atom. The molecule has 64 valence electrons. The fourth-order valence-electron chi connectivity index (χ4n) is 3.66. The van der Waals surface area contributed by atoms with Gasteiger partial charge in [0.25, 0.3) is 0 Å². The van der Waals surface area contributed by atoms with E-state index in [2.05, 4.69) is 14.8 Å². The average molecular weight is 259 g/mol. The van der Waals surface area contributed by atoms with Gasteiger partial charge in [-0.15, -0.1) is 0 Å². The van der Waals surface area contributed by atoms with Gasteiger partial charge < -0.3 is 0 Å². The van der Waals surface area contributed by atoms with Gasteiger partial charge in [0.1, 0.15) is 0 Å². The second kappa shape index (κ2) is 2.65. The molecule has 2 saturated carbocycles. The Bertz CT molecular complexity index is 137. The van der Waals surface area contributed by atoms with E-state index < -0.39 is 18.4 Å². The van der Waals surface area contributed by atoms with Gasteiger partial charge in [-0.05, 0) is 0 Å². The van der Waals surface area contributed by atoms with Gasteiger partial charge in [0, 0.05) is 0 Å². The SMILES string of the molecule is [CH3][Sn]([CH3])([CH3])[CH]1C2CCC1CC2. The molecule has 0 atom stereocenters. The summed E-state index contributed by atoms with van der Waals surface area (Å²) in [6.07, 6.45) is 6.35. The minimum absolute atomic E-state index is 1.19. The molecule has 0 unspecified atom stereocenters. The molecule has 2 fully saturated rings. The molecule has 0 nitrogen and oxygen atoms in total. The molecule has 0 aromatic carbocycles. The van der Waals surface area contributed by atoms with E-state index in [4.69, 9.17) is 0 Å². The zero-order chi connectivity index (χ0) is 8.06. The summed E-state index contributed by atoms with van der Waals surface area (Å²) in [5.41, 5.74) is 0. The van der Waals surface area contributed by atoms with Crippen molar-refractivity contribution in [1.29, 1.82) is 0 Å². The first kappa shape index (κ1) is 8.40. The van der Waals surface area contributed by atoms with Crippen LogP contribution in [0, 0.1) is 11.8 Å². The van der Waals surface area contributed by atoms with E-state index >= 15 is 0 Å². The van der Waals surface area contributed by atoms with Crippen molar-refractivity contribution in [2.24, 2.45) is 11.8 Å². The molecule has 0 saturated heterocycles. The normalized spacial score (nSPS) is 43.4. The van der Waals surface area contributed by atoms with Crippen LogP contribution >= 0.6 is 0 Å². The van der Waals surface area contributed by atoms with E-state index in [0.29, 0.717) is 0 Å². The van der Waals surface area contributed by atoms with Crippen LogP contribution in [0.5, 0.6) is 0 Å². The molecule has 0 aromatic rings. The standard InChI is InChI=1S/C7H11.3CH3.Sn/c1-2-7-4-3-6(1)5-7;;;;/h5-7H,1-4H2;3*1H3;. The van der Waals surface area contributed by atoms with Crippen LogP contribution in [0.1, 0.15) is 25.7 Å². The van der Waals surface area contributed by atoms with Crippen molar-refractivity contribution >= 4 is 18.4 Å². The van der Waals surface area contributed by atoms with E-state index in [-0.39, 0.29) is 0 Å². The third-order valence-electron chi connectivity index (χ3n) is 3.83. The van der Waals surface area contributed by atoms with Gasteiger partial charge in [-0.25, -0.2) is 0 Å². The fourth-order valence-corrected chi connectivity index (χ4v) is 13.6. The monoisotopic (exact) mass is 260 g/mol. The van der Waals surface area contributed by atoms with Crippen LogP contribution in [0.4, 0.5) is 0 Å². The van der Waals surface area contributed by atoms with Gasteiger partial charge in [-0.1, -0.05) is 0 Å². The molecule has 0 heterocycles. The maximum atomic E-state index is 2.63. The summed E-state index contributed by atoms with van der Waals surface area (Å²) in [5.74, 6) is 2.38. The van der Waals surface area contributed by atoms with Crippen LogP contribution in [0.3, 0.4) is 0 Å². The summed E-state index contributed by atoms with van der Waals surface area (Å²) in [4.78, 5) is 7.90. The van der Waals surface area contributed by atoms with Gasteiger partial charge in [-0.2, -0.15) is 0 Å². The number of hydrogen-bond donors (Lipinski definition) is 0. The summed E-state index contributed by atoms with van der Waals surface area (Å²) < 4.78 is 1.27. The zero-order valence-corrected chi connectivity index (χ0v) is 10.9. The molecular weight excluding hydrogens is 239 g/mol.